The Kier molecular flexibility index (Phi) is 3.73. The maximum absolute atomic E-state index is 6.21. The predicted molar refractivity (Wildman–Crippen MR) is 82.4 cm³/mol. The molecule has 1 aliphatic rings. The largest absolute Gasteiger partial charge is 0.454 e. The second kappa shape index (κ2) is 5.68. The first-order valence-corrected chi connectivity index (χ1v) is 7.42. The van der Waals surface area contributed by atoms with E-state index in [4.69, 9.17) is 15.2 Å². The van der Waals surface area contributed by atoms with Crippen molar-refractivity contribution in [2.45, 2.75) is 32.6 Å². The molecule has 0 saturated carbocycles. The number of fused-ring (bicyclic) bond motifs is 1. The van der Waals surface area contributed by atoms with E-state index >= 15 is 0 Å². The molecule has 1 aliphatic heterocycles. The number of anilines is 1. The molecule has 1 aromatic heterocycles. The summed E-state index contributed by atoms with van der Waals surface area (Å²) in [5.41, 5.74) is 9.33. The van der Waals surface area contributed by atoms with Crippen LogP contribution in [0.1, 0.15) is 31.9 Å². The lowest BCUT2D eigenvalue weighted by Crippen LogP contribution is -1.98. The maximum Gasteiger partial charge on any atom is 0.231 e. The number of unbranched alkanes of at least 4 members (excludes halogenated alkanes) is 2. The van der Waals surface area contributed by atoms with Crippen LogP contribution in [0.15, 0.2) is 18.2 Å². The molecule has 0 saturated heterocycles. The number of benzene rings is 1. The van der Waals surface area contributed by atoms with Gasteiger partial charge in [-0.25, -0.2) is 0 Å². The molecule has 0 atom stereocenters. The van der Waals surface area contributed by atoms with E-state index in [0.29, 0.717) is 5.82 Å². The first-order chi connectivity index (χ1) is 10.2. The Balaban J connectivity index is 1.96. The molecule has 0 radical (unpaired) electrons. The lowest BCUT2D eigenvalue weighted by Gasteiger charge is -2.05. The normalized spacial score (nSPS) is 12.9. The fourth-order valence-corrected chi connectivity index (χ4v) is 2.68. The Morgan fingerprint density at radius 3 is 2.86 bits per heavy atom. The van der Waals surface area contributed by atoms with Gasteiger partial charge in [0.1, 0.15) is 5.82 Å². The number of aryl methyl sites for hydroxylation is 2. The van der Waals surface area contributed by atoms with Crippen molar-refractivity contribution in [2.24, 2.45) is 7.05 Å². The summed E-state index contributed by atoms with van der Waals surface area (Å²) >= 11 is 0. The van der Waals surface area contributed by atoms with Gasteiger partial charge in [0.15, 0.2) is 11.5 Å². The summed E-state index contributed by atoms with van der Waals surface area (Å²) in [5, 5.41) is 4.57. The summed E-state index contributed by atoms with van der Waals surface area (Å²) in [6, 6.07) is 5.93. The molecular weight excluding hydrogens is 266 g/mol. The van der Waals surface area contributed by atoms with Gasteiger partial charge in [0.25, 0.3) is 0 Å². The Morgan fingerprint density at radius 1 is 1.24 bits per heavy atom. The Hall–Kier alpha value is -2.17. The standard InChI is InChI=1S/C16H21N3O2/c1-3-4-5-6-12-15(16(17)19(2)18-12)11-7-8-13-14(9-11)21-10-20-13/h7-9H,3-6,10,17H2,1-2H3. The van der Waals surface area contributed by atoms with Gasteiger partial charge in [-0.2, -0.15) is 5.10 Å². The summed E-state index contributed by atoms with van der Waals surface area (Å²) in [6.07, 6.45) is 4.48. The summed E-state index contributed by atoms with van der Waals surface area (Å²) in [5.74, 6) is 2.25. The molecule has 0 aliphatic carbocycles. The third-order valence-corrected chi connectivity index (χ3v) is 3.84. The van der Waals surface area contributed by atoms with Crippen LogP contribution in [0, 0.1) is 0 Å². The summed E-state index contributed by atoms with van der Waals surface area (Å²) in [6.45, 7) is 2.48. The monoisotopic (exact) mass is 287 g/mol. The lowest BCUT2D eigenvalue weighted by molar-refractivity contribution is 0.174. The van der Waals surface area contributed by atoms with Gasteiger partial charge in [-0.3, -0.25) is 4.68 Å². The van der Waals surface area contributed by atoms with Crippen LogP contribution in [0.3, 0.4) is 0 Å². The number of nitrogen functional groups attached to an aromatic ring is 1. The van der Waals surface area contributed by atoms with Crippen molar-refractivity contribution in [3.63, 3.8) is 0 Å². The zero-order chi connectivity index (χ0) is 14.8. The minimum absolute atomic E-state index is 0.282. The first kappa shape index (κ1) is 13.8. The molecular formula is C16H21N3O2. The van der Waals surface area contributed by atoms with E-state index in [-0.39, 0.29) is 6.79 Å². The number of rotatable bonds is 5. The van der Waals surface area contributed by atoms with Crippen LogP contribution in [0.5, 0.6) is 11.5 Å². The fourth-order valence-electron chi connectivity index (χ4n) is 2.68. The van der Waals surface area contributed by atoms with Crippen LogP contribution < -0.4 is 15.2 Å². The molecule has 0 amide bonds. The van der Waals surface area contributed by atoms with Crippen LogP contribution in [0.4, 0.5) is 5.82 Å². The van der Waals surface area contributed by atoms with Gasteiger partial charge in [0, 0.05) is 12.6 Å². The third kappa shape index (κ3) is 2.55. The van der Waals surface area contributed by atoms with E-state index in [1.54, 1.807) is 4.68 Å². The zero-order valence-corrected chi connectivity index (χ0v) is 12.6. The number of nitrogens with zero attached hydrogens (tertiary/aromatic N) is 2. The van der Waals surface area contributed by atoms with Crippen LogP contribution in [0.2, 0.25) is 0 Å². The molecule has 0 bridgehead atoms. The fraction of sp³-hybridized carbons (Fsp3) is 0.438. The summed E-state index contributed by atoms with van der Waals surface area (Å²) in [4.78, 5) is 0. The van der Waals surface area contributed by atoms with E-state index in [9.17, 15) is 0 Å². The third-order valence-electron chi connectivity index (χ3n) is 3.84. The highest BCUT2D eigenvalue weighted by atomic mass is 16.7. The van der Waals surface area contributed by atoms with Crippen LogP contribution in [-0.2, 0) is 13.5 Å². The quantitative estimate of drug-likeness (QED) is 0.858. The van der Waals surface area contributed by atoms with Crippen molar-refractivity contribution in [1.29, 1.82) is 0 Å². The van der Waals surface area contributed by atoms with Crippen molar-refractivity contribution < 1.29 is 9.47 Å². The Bertz CT molecular complexity index is 649. The molecule has 112 valence electrons. The van der Waals surface area contributed by atoms with E-state index in [1.807, 2.05) is 25.2 Å². The van der Waals surface area contributed by atoms with Gasteiger partial charge < -0.3 is 15.2 Å². The molecule has 5 nitrogen and oxygen atoms in total. The van der Waals surface area contributed by atoms with Gasteiger partial charge in [-0.1, -0.05) is 25.8 Å². The number of ether oxygens (including phenoxy) is 2. The van der Waals surface area contributed by atoms with Crippen LogP contribution in [-0.4, -0.2) is 16.6 Å². The second-order valence-electron chi connectivity index (χ2n) is 5.36. The van der Waals surface area contributed by atoms with Crippen molar-refractivity contribution in [3.8, 4) is 22.6 Å². The smallest absolute Gasteiger partial charge is 0.231 e. The maximum atomic E-state index is 6.21. The number of nitrogens with two attached hydrogens (primary N) is 1. The average Bonchev–Trinajstić information content (AvgIpc) is 3.04. The first-order valence-electron chi connectivity index (χ1n) is 7.42. The number of hydrogen-bond acceptors (Lipinski definition) is 4. The van der Waals surface area contributed by atoms with Crippen LogP contribution >= 0.6 is 0 Å². The SMILES string of the molecule is CCCCCc1nn(C)c(N)c1-c1ccc2c(c1)OCO2. The van der Waals surface area contributed by atoms with Crippen LogP contribution in [0.25, 0.3) is 11.1 Å². The highest BCUT2D eigenvalue weighted by Crippen LogP contribution is 2.38. The second-order valence-corrected chi connectivity index (χ2v) is 5.36. The van der Waals surface area contributed by atoms with Crippen molar-refractivity contribution in [1.82, 2.24) is 9.78 Å². The topological polar surface area (TPSA) is 62.3 Å². The molecule has 5 heteroatoms. The molecule has 0 unspecified atom stereocenters. The molecule has 2 aromatic rings. The molecule has 21 heavy (non-hydrogen) atoms. The molecule has 1 aromatic carbocycles. The van der Waals surface area contributed by atoms with Gasteiger partial charge in [-0.05, 0) is 30.5 Å². The van der Waals surface area contributed by atoms with E-state index in [0.717, 1.165) is 41.2 Å². The lowest BCUT2D eigenvalue weighted by atomic mass is 10.0. The molecule has 3 rings (SSSR count). The average molecular weight is 287 g/mol. The minimum Gasteiger partial charge on any atom is -0.454 e. The van der Waals surface area contributed by atoms with E-state index < -0.39 is 0 Å². The van der Waals surface area contributed by atoms with Crippen molar-refractivity contribution in [2.75, 3.05) is 12.5 Å². The molecule has 0 spiro atoms. The summed E-state index contributed by atoms with van der Waals surface area (Å²) < 4.78 is 12.6. The molecule has 2 heterocycles. The molecule has 2 N–H and O–H groups in total. The highest BCUT2D eigenvalue weighted by Gasteiger charge is 2.19. The van der Waals surface area contributed by atoms with Gasteiger partial charge in [-0.15, -0.1) is 0 Å². The van der Waals surface area contributed by atoms with Gasteiger partial charge in [0.05, 0.1) is 5.69 Å². The van der Waals surface area contributed by atoms with E-state index in [1.165, 1.54) is 12.8 Å². The highest BCUT2D eigenvalue weighted by molar-refractivity contribution is 5.78. The Morgan fingerprint density at radius 2 is 2.05 bits per heavy atom. The van der Waals surface area contributed by atoms with Crippen molar-refractivity contribution >= 4 is 5.82 Å². The van der Waals surface area contributed by atoms with Gasteiger partial charge >= 0.3 is 0 Å². The summed E-state index contributed by atoms with van der Waals surface area (Å²) in [7, 11) is 1.88. The van der Waals surface area contributed by atoms with Gasteiger partial charge in [0.2, 0.25) is 6.79 Å². The van der Waals surface area contributed by atoms with Crippen molar-refractivity contribution in [3.05, 3.63) is 23.9 Å². The minimum atomic E-state index is 0.282. The number of aromatic nitrogens is 2. The Labute approximate surface area is 124 Å². The zero-order valence-electron chi connectivity index (χ0n) is 12.6. The molecule has 0 fully saturated rings. The predicted octanol–water partition coefficient (Wildman–Crippen LogP) is 3.13. The number of hydrogen-bond donors (Lipinski definition) is 1. The van der Waals surface area contributed by atoms with E-state index in [2.05, 4.69) is 12.0 Å².